The molecule has 0 amide bonds. The minimum Gasteiger partial charge on any atom is -0.468 e. The zero-order valence-corrected chi connectivity index (χ0v) is 11.3. The number of aryl methyl sites for hydroxylation is 1. The van der Waals surface area contributed by atoms with Gasteiger partial charge in [-0.1, -0.05) is 23.7 Å². The highest BCUT2D eigenvalue weighted by Crippen LogP contribution is 2.22. The Labute approximate surface area is 111 Å². The van der Waals surface area contributed by atoms with Crippen molar-refractivity contribution in [2.45, 2.75) is 13.3 Å². The highest BCUT2D eigenvalue weighted by molar-refractivity contribution is 6.31. The second-order valence-corrected chi connectivity index (χ2v) is 4.31. The molecule has 0 heterocycles. The maximum Gasteiger partial charge on any atom is 0.320 e. The van der Waals surface area contributed by atoms with Crippen LogP contribution in [0.4, 0.5) is 0 Å². The van der Waals surface area contributed by atoms with Crippen molar-refractivity contribution >= 4 is 23.5 Å². The number of rotatable bonds is 4. The van der Waals surface area contributed by atoms with Crippen LogP contribution in [0.15, 0.2) is 18.2 Å². The van der Waals surface area contributed by atoms with Gasteiger partial charge in [-0.15, -0.1) is 0 Å². The van der Waals surface area contributed by atoms with E-state index >= 15 is 0 Å². The number of carbonyl (C=O) groups excluding carboxylic acids is 2. The van der Waals surface area contributed by atoms with Crippen molar-refractivity contribution in [3.63, 3.8) is 0 Å². The fourth-order valence-corrected chi connectivity index (χ4v) is 1.90. The molecule has 0 fully saturated rings. The monoisotopic (exact) mass is 270 g/mol. The van der Waals surface area contributed by atoms with E-state index < -0.39 is 17.9 Å². The molecule has 0 spiro atoms. The average molecular weight is 271 g/mol. The van der Waals surface area contributed by atoms with Gasteiger partial charge >= 0.3 is 11.9 Å². The van der Waals surface area contributed by atoms with E-state index in [0.717, 1.165) is 5.56 Å². The predicted octanol–water partition coefficient (Wildman–Crippen LogP) is 2.15. The molecule has 0 N–H and O–H groups in total. The number of halogens is 1. The number of ether oxygens (including phenoxy) is 2. The van der Waals surface area contributed by atoms with E-state index in [1.165, 1.54) is 14.2 Å². The van der Waals surface area contributed by atoms with Gasteiger partial charge in [-0.05, 0) is 30.5 Å². The highest BCUT2D eigenvalue weighted by atomic mass is 35.5. The van der Waals surface area contributed by atoms with E-state index in [4.69, 9.17) is 11.6 Å². The van der Waals surface area contributed by atoms with Crippen LogP contribution in [-0.2, 0) is 25.5 Å². The Kier molecular flexibility index (Phi) is 5.16. The molecule has 0 unspecified atom stereocenters. The van der Waals surface area contributed by atoms with Crippen molar-refractivity contribution in [2.75, 3.05) is 14.2 Å². The molecule has 1 aromatic rings. The molecule has 4 nitrogen and oxygen atoms in total. The van der Waals surface area contributed by atoms with Gasteiger partial charge in [0.25, 0.3) is 0 Å². The fourth-order valence-electron chi connectivity index (χ4n) is 1.59. The molecule has 0 saturated heterocycles. The van der Waals surface area contributed by atoms with Gasteiger partial charge in [-0.25, -0.2) is 0 Å². The van der Waals surface area contributed by atoms with E-state index in [2.05, 4.69) is 9.47 Å². The Hall–Kier alpha value is -1.55. The van der Waals surface area contributed by atoms with Crippen LogP contribution in [0.3, 0.4) is 0 Å². The van der Waals surface area contributed by atoms with E-state index in [1.807, 2.05) is 13.0 Å². The molecule has 0 aliphatic heterocycles. The Balaban J connectivity index is 2.96. The van der Waals surface area contributed by atoms with Crippen molar-refractivity contribution in [1.82, 2.24) is 0 Å². The summed E-state index contributed by atoms with van der Waals surface area (Å²) in [6.07, 6.45) is 0.165. The molecular formula is C13H15ClO4. The number of esters is 2. The number of hydrogen-bond acceptors (Lipinski definition) is 4. The normalized spacial score (nSPS) is 10.3. The first-order valence-electron chi connectivity index (χ1n) is 5.40. The number of methoxy groups -OCH3 is 2. The average Bonchev–Trinajstić information content (AvgIpc) is 2.36. The lowest BCUT2D eigenvalue weighted by atomic mass is 9.98. The second-order valence-electron chi connectivity index (χ2n) is 3.90. The van der Waals surface area contributed by atoms with Crippen molar-refractivity contribution < 1.29 is 19.1 Å². The zero-order chi connectivity index (χ0) is 13.7. The standard InChI is InChI=1S/C13H15ClO4/c1-8-4-5-9(11(14)6-8)7-10(12(15)17-2)13(16)18-3/h4-6,10H,7H2,1-3H3. The van der Waals surface area contributed by atoms with E-state index in [1.54, 1.807) is 12.1 Å². The van der Waals surface area contributed by atoms with E-state index in [0.29, 0.717) is 10.6 Å². The van der Waals surface area contributed by atoms with Gasteiger partial charge in [0.15, 0.2) is 5.92 Å². The molecule has 0 bridgehead atoms. The Bertz CT molecular complexity index is 440. The maximum absolute atomic E-state index is 11.5. The number of carbonyl (C=O) groups is 2. The van der Waals surface area contributed by atoms with Gasteiger partial charge < -0.3 is 9.47 Å². The van der Waals surface area contributed by atoms with Gasteiger partial charge in [0.05, 0.1) is 14.2 Å². The smallest absolute Gasteiger partial charge is 0.320 e. The summed E-state index contributed by atoms with van der Waals surface area (Å²) in [6, 6.07) is 5.44. The molecular weight excluding hydrogens is 256 g/mol. The van der Waals surface area contributed by atoms with Gasteiger partial charge in [0, 0.05) is 5.02 Å². The quantitative estimate of drug-likeness (QED) is 0.621. The lowest BCUT2D eigenvalue weighted by molar-refractivity contribution is -0.158. The van der Waals surface area contributed by atoms with Gasteiger partial charge in [-0.2, -0.15) is 0 Å². The summed E-state index contributed by atoms with van der Waals surface area (Å²) in [6.45, 7) is 1.91. The van der Waals surface area contributed by atoms with Crippen LogP contribution in [0.2, 0.25) is 5.02 Å². The van der Waals surface area contributed by atoms with Crippen LogP contribution >= 0.6 is 11.6 Å². The molecule has 0 aliphatic carbocycles. The zero-order valence-electron chi connectivity index (χ0n) is 10.5. The van der Waals surface area contributed by atoms with Crippen LogP contribution in [0.25, 0.3) is 0 Å². The SMILES string of the molecule is COC(=O)C(Cc1ccc(C)cc1Cl)C(=O)OC. The lowest BCUT2D eigenvalue weighted by Gasteiger charge is -2.13. The van der Waals surface area contributed by atoms with E-state index in [9.17, 15) is 9.59 Å². The molecule has 0 aliphatic rings. The molecule has 0 radical (unpaired) electrons. The minimum atomic E-state index is -0.986. The van der Waals surface area contributed by atoms with Crippen molar-refractivity contribution in [2.24, 2.45) is 5.92 Å². The van der Waals surface area contributed by atoms with Crippen molar-refractivity contribution in [3.8, 4) is 0 Å². The second kappa shape index (κ2) is 6.40. The lowest BCUT2D eigenvalue weighted by Crippen LogP contribution is -2.28. The molecule has 0 aromatic heterocycles. The summed E-state index contributed by atoms with van der Waals surface area (Å²) in [7, 11) is 2.46. The maximum atomic E-state index is 11.5. The van der Waals surface area contributed by atoms with E-state index in [-0.39, 0.29) is 6.42 Å². The third kappa shape index (κ3) is 3.47. The number of benzene rings is 1. The summed E-state index contributed by atoms with van der Waals surface area (Å²) in [5.74, 6) is -2.24. The summed E-state index contributed by atoms with van der Waals surface area (Å²) in [4.78, 5) is 23.1. The first-order chi connectivity index (χ1) is 8.49. The van der Waals surface area contributed by atoms with Crippen LogP contribution in [0, 0.1) is 12.8 Å². The van der Waals surface area contributed by atoms with Crippen LogP contribution in [-0.4, -0.2) is 26.2 Å². The highest BCUT2D eigenvalue weighted by Gasteiger charge is 2.29. The molecule has 1 rings (SSSR count). The van der Waals surface area contributed by atoms with Gasteiger partial charge in [0.2, 0.25) is 0 Å². The third-order valence-electron chi connectivity index (χ3n) is 2.60. The summed E-state index contributed by atoms with van der Waals surface area (Å²) in [5.41, 5.74) is 1.72. The van der Waals surface area contributed by atoms with Crippen molar-refractivity contribution in [3.05, 3.63) is 34.3 Å². The molecule has 18 heavy (non-hydrogen) atoms. The van der Waals surface area contributed by atoms with Crippen LogP contribution < -0.4 is 0 Å². The predicted molar refractivity (Wildman–Crippen MR) is 67.4 cm³/mol. The first-order valence-corrected chi connectivity index (χ1v) is 5.78. The Morgan fingerprint density at radius 1 is 1.22 bits per heavy atom. The molecule has 0 saturated carbocycles. The summed E-state index contributed by atoms with van der Waals surface area (Å²) in [5, 5.41) is 0.521. The van der Waals surface area contributed by atoms with Gasteiger partial charge in [-0.3, -0.25) is 9.59 Å². The largest absolute Gasteiger partial charge is 0.468 e. The first kappa shape index (κ1) is 14.5. The summed E-state index contributed by atoms with van der Waals surface area (Å²) >= 11 is 6.07. The van der Waals surface area contributed by atoms with Crippen LogP contribution in [0.1, 0.15) is 11.1 Å². The molecule has 98 valence electrons. The van der Waals surface area contributed by atoms with Crippen LogP contribution in [0.5, 0.6) is 0 Å². The minimum absolute atomic E-state index is 0.165. The topological polar surface area (TPSA) is 52.6 Å². The Morgan fingerprint density at radius 2 is 1.78 bits per heavy atom. The fraction of sp³-hybridized carbons (Fsp3) is 0.385. The number of hydrogen-bond donors (Lipinski definition) is 0. The molecule has 1 aromatic carbocycles. The molecule has 5 heteroatoms. The van der Waals surface area contributed by atoms with Crippen molar-refractivity contribution in [1.29, 1.82) is 0 Å². The third-order valence-corrected chi connectivity index (χ3v) is 2.96. The molecule has 0 atom stereocenters. The van der Waals surface area contributed by atoms with Gasteiger partial charge in [0.1, 0.15) is 0 Å². The Morgan fingerprint density at radius 3 is 2.22 bits per heavy atom. The summed E-state index contributed by atoms with van der Waals surface area (Å²) < 4.78 is 9.18.